The van der Waals surface area contributed by atoms with Gasteiger partial charge in [-0.3, -0.25) is 0 Å². The number of allylic oxidation sites excluding steroid dienone is 6. The molecule has 0 radical (unpaired) electrons. The largest absolute Gasteiger partial charge is 0.337 e. The second-order valence-corrected chi connectivity index (χ2v) is 8.04. The number of carbonyl (C=O) groups is 1. The molecule has 0 spiro atoms. The van der Waals surface area contributed by atoms with Crippen LogP contribution in [-0.4, -0.2) is 30.6 Å². The van der Waals surface area contributed by atoms with Crippen molar-refractivity contribution in [1.29, 1.82) is 0 Å². The summed E-state index contributed by atoms with van der Waals surface area (Å²) in [4.78, 5) is 14.0. The van der Waals surface area contributed by atoms with Crippen molar-refractivity contribution in [3.8, 4) is 0 Å². The third-order valence-electron chi connectivity index (χ3n) is 5.26. The van der Waals surface area contributed by atoms with Crippen LogP contribution in [0, 0.1) is 5.41 Å². The van der Waals surface area contributed by atoms with Crippen molar-refractivity contribution in [2.75, 3.05) is 19.6 Å². The van der Waals surface area contributed by atoms with E-state index in [0.29, 0.717) is 12.5 Å². The Kier molecular flexibility index (Phi) is 5.65. The van der Waals surface area contributed by atoms with Gasteiger partial charge < -0.3 is 10.2 Å². The lowest BCUT2D eigenvalue weighted by Gasteiger charge is -2.19. The summed E-state index contributed by atoms with van der Waals surface area (Å²) in [7, 11) is 0. The van der Waals surface area contributed by atoms with Crippen LogP contribution in [-0.2, 0) is 0 Å². The second-order valence-electron chi connectivity index (χ2n) is 8.04. The molecule has 0 bridgehead atoms. The number of hydrogen-bond acceptors (Lipinski definition) is 1. The zero-order chi connectivity index (χ0) is 18.6. The van der Waals surface area contributed by atoms with Gasteiger partial charge in [-0.2, -0.15) is 0 Å². The maximum absolute atomic E-state index is 12.1. The monoisotopic (exact) mass is 350 g/mol. The lowest BCUT2D eigenvalue weighted by molar-refractivity contribution is 0.208. The lowest BCUT2D eigenvalue weighted by atomic mass is 9.92. The number of hydrogen-bond donors (Lipinski definition) is 1. The van der Waals surface area contributed by atoms with Gasteiger partial charge in [-0.15, -0.1) is 0 Å². The van der Waals surface area contributed by atoms with Gasteiger partial charge in [-0.05, 0) is 35.5 Å². The van der Waals surface area contributed by atoms with E-state index < -0.39 is 0 Å². The van der Waals surface area contributed by atoms with Gasteiger partial charge in [0.1, 0.15) is 0 Å². The summed E-state index contributed by atoms with van der Waals surface area (Å²) >= 11 is 0. The fourth-order valence-electron chi connectivity index (χ4n) is 3.40. The first-order valence-corrected chi connectivity index (χ1v) is 9.66. The van der Waals surface area contributed by atoms with E-state index >= 15 is 0 Å². The number of amides is 2. The highest BCUT2D eigenvalue weighted by molar-refractivity contribution is 5.76. The third-order valence-corrected chi connectivity index (χ3v) is 5.26. The van der Waals surface area contributed by atoms with E-state index in [9.17, 15) is 4.79 Å². The van der Waals surface area contributed by atoms with Crippen LogP contribution >= 0.6 is 0 Å². The second kappa shape index (κ2) is 7.94. The van der Waals surface area contributed by atoms with Gasteiger partial charge in [0.25, 0.3) is 0 Å². The first kappa shape index (κ1) is 18.5. The molecule has 1 saturated heterocycles. The molecular weight excluding hydrogens is 320 g/mol. The Bertz CT molecular complexity index is 719. The summed E-state index contributed by atoms with van der Waals surface area (Å²) in [5.74, 6) is 0.299. The predicted molar refractivity (Wildman–Crippen MR) is 109 cm³/mol. The molecular formula is C23H30N2O. The number of urea groups is 1. The van der Waals surface area contributed by atoms with Crippen LogP contribution in [0.4, 0.5) is 4.79 Å². The van der Waals surface area contributed by atoms with Gasteiger partial charge in [0.2, 0.25) is 0 Å². The van der Waals surface area contributed by atoms with E-state index in [4.69, 9.17) is 0 Å². The molecule has 1 aliphatic heterocycles. The Labute approximate surface area is 157 Å². The molecule has 1 atom stereocenters. The smallest absolute Gasteiger partial charge is 0.317 e. The van der Waals surface area contributed by atoms with Crippen molar-refractivity contribution in [2.24, 2.45) is 5.41 Å². The van der Waals surface area contributed by atoms with Crippen molar-refractivity contribution < 1.29 is 4.79 Å². The molecule has 3 rings (SSSR count). The van der Waals surface area contributed by atoms with Gasteiger partial charge in [-0.1, -0.05) is 75.4 Å². The summed E-state index contributed by atoms with van der Waals surface area (Å²) in [5, 5.41) is 3.07. The number of carbonyl (C=O) groups excluding carboxylic acids is 1. The molecule has 3 heteroatoms. The average Bonchev–Trinajstić information content (AvgIpc) is 3.11. The predicted octanol–water partition coefficient (Wildman–Crippen LogP) is 5.13. The number of nitrogens with zero attached hydrogens (tertiary/aromatic N) is 1. The van der Waals surface area contributed by atoms with Crippen LogP contribution in [0.15, 0.2) is 54.6 Å². The number of benzene rings is 1. The minimum Gasteiger partial charge on any atom is -0.337 e. The van der Waals surface area contributed by atoms with E-state index in [1.807, 2.05) is 4.90 Å². The minimum absolute atomic E-state index is 0.0779. The standard InChI is InChI=1S/C23H30N2O/c1-18(17-24-22(26)25-15-4-5-16-25)19-8-10-21(11-9-19)20-7-6-13-23(2,3)14-12-20/h6-14,18H,4-5,15-17H2,1-3H3,(H,24,26). The highest BCUT2D eigenvalue weighted by Crippen LogP contribution is 2.27. The van der Waals surface area contributed by atoms with Crippen molar-refractivity contribution in [3.63, 3.8) is 0 Å². The Morgan fingerprint density at radius 2 is 1.85 bits per heavy atom. The van der Waals surface area contributed by atoms with Gasteiger partial charge in [0.15, 0.2) is 0 Å². The minimum atomic E-state index is 0.0779. The van der Waals surface area contributed by atoms with Gasteiger partial charge in [-0.25, -0.2) is 4.79 Å². The Balaban J connectivity index is 1.59. The van der Waals surface area contributed by atoms with Crippen LogP contribution in [0.25, 0.3) is 5.57 Å². The van der Waals surface area contributed by atoms with E-state index in [2.05, 4.69) is 80.7 Å². The van der Waals surface area contributed by atoms with Crippen molar-refractivity contribution in [3.05, 3.63) is 65.8 Å². The molecule has 1 aromatic rings. The van der Waals surface area contributed by atoms with Crippen LogP contribution in [0.1, 0.15) is 50.7 Å². The first-order valence-electron chi connectivity index (χ1n) is 9.66. The molecule has 1 heterocycles. The summed E-state index contributed by atoms with van der Waals surface area (Å²) in [6.07, 6.45) is 13.2. The molecule has 26 heavy (non-hydrogen) atoms. The van der Waals surface area contributed by atoms with E-state index in [1.54, 1.807) is 0 Å². The highest BCUT2D eigenvalue weighted by Gasteiger charge is 2.18. The first-order chi connectivity index (χ1) is 12.4. The van der Waals surface area contributed by atoms with Crippen molar-refractivity contribution in [2.45, 2.75) is 39.5 Å². The maximum atomic E-state index is 12.1. The maximum Gasteiger partial charge on any atom is 0.317 e. The molecule has 1 unspecified atom stereocenters. The number of likely N-dealkylation sites (tertiary alicyclic amines) is 1. The number of nitrogens with one attached hydrogen (secondary N) is 1. The molecule has 138 valence electrons. The van der Waals surface area contributed by atoms with Crippen molar-refractivity contribution in [1.82, 2.24) is 10.2 Å². The van der Waals surface area contributed by atoms with Crippen LogP contribution in [0.5, 0.6) is 0 Å². The van der Waals surface area contributed by atoms with Gasteiger partial charge >= 0.3 is 6.03 Å². The quantitative estimate of drug-likeness (QED) is 0.802. The highest BCUT2D eigenvalue weighted by atomic mass is 16.2. The molecule has 3 nitrogen and oxygen atoms in total. The SMILES string of the molecule is CC(CNC(=O)N1CCCC1)c1ccc(C2=CC=CC(C)(C)C=C2)cc1. The molecule has 2 amide bonds. The zero-order valence-corrected chi connectivity index (χ0v) is 16.2. The summed E-state index contributed by atoms with van der Waals surface area (Å²) < 4.78 is 0. The molecule has 2 aliphatic rings. The number of rotatable bonds is 4. The molecule has 1 aromatic carbocycles. The Hall–Kier alpha value is -2.29. The Morgan fingerprint density at radius 3 is 2.54 bits per heavy atom. The zero-order valence-electron chi connectivity index (χ0n) is 16.2. The van der Waals surface area contributed by atoms with Crippen molar-refractivity contribution >= 4 is 11.6 Å². The third kappa shape index (κ3) is 4.66. The van der Waals surface area contributed by atoms with E-state index in [1.165, 1.54) is 16.7 Å². The van der Waals surface area contributed by atoms with Gasteiger partial charge in [0, 0.05) is 25.0 Å². The molecule has 1 fully saturated rings. The van der Waals surface area contributed by atoms with Gasteiger partial charge in [0.05, 0.1) is 0 Å². The normalized spacial score (nSPS) is 19.8. The summed E-state index contributed by atoms with van der Waals surface area (Å²) in [5.41, 5.74) is 3.80. The van der Waals surface area contributed by atoms with Crippen LogP contribution in [0.3, 0.4) is 0 Å². The lowest BCUT2D eigenvalue weighted by Crippen LogP contribution is -2.39. The molecule has 0 saturated carbocycles. The van der Waals surface area contributed by atoms with Crippen LogP contribution in [0.2, 0.25) is 0 Å². The van der Waals surface area contributed by atoms with Crippen LogP contribution < -0.4 is 5.32 Å². The topological polar surface area (TPSA) is 32.3 Å². The molecule has 1 N–H and O–H groups in total. The fourth-order valence-corrected chi connectivity index (χ4v) is 3.40. The van der Waals surface area contributed by atoms with E-state index in [-0.39, 0.29) is 11.4 Å². The summed E-state index contributed by atoms with van der Waals surface area (Å²) in [6, 6.07) is 8.79. The van der Waals surface area contributed by atoms with E-state index in [0.717, 1.165) is 25.9 Å². The fraction of sp³-hybridized carbons (Fsp3) is 0.435. The molecule has 1 aliphatic carbocycles. The average molecular weight is 351 g/mol. The Morgan fingerprint density at radius 1 is 1.15 bits per heavy atom. The summed E-state index contributed by atoms with van der Waals surface area (Å²) in [6.45, 7) is 9.03. The molecule has 0 aromatic heterocycles.